The second-order valence-corrected chi connectivity index (χ2v) is 8.80. The average molecular weight is 487 g/mol. The van der Waals surface area contributed by atoms with Gasteiger partial charge >= 0.3 is 6.18 Å². The van der Waals surface area contributed by atoms with Gasteiger partial charge in [0.05, 0.1) is 23.7 Å². The zero-order valence-electron chi connectivity index (χ0n) is 19.1. The number of carbonyl (C=O) groups excluding carboxylic acids is 1. The minimum absolute atomic E-state index is 0.120. The van der Waals surface area contributed by atoms with Crippen LogP contribution in [-0.2, 0) is 0 Å². The highest BCUT2D eigenvalue weighted by Gasteiger charge is 2.26. The molecule has 4 aromatic rings. The molecule has 0 unspecified atom stereocenters. The summed E-state index contributed by atoms with van der Waals surface area (Å²) in [6, 6.07) is 3.90. The first kappa shape index (κ1) is 23.1. The number of piperidine rings is 1. The number of aromatic nitrogens is 5. The maximum atomic E-state index is 13.0. The molecule has 3 N–H and O–H groups in total. The summed E-state index contributed by atoms with van der Waals surface area (Å²) < 4.78 is 38.8. The number of rotatable bonds is 6. The van der Waals surface area contributed by atoms with Crippen LogP contribution in [0.15, 0.2) is 36.9 Å². The van der Waals surface area contributed by atoms with Crippen LogP contribution in [0.3, 0.4) is 0 Å². The molecule has 0 bridgehead atoms. The Morgan fingerprint density at radius 2 is 2.06 bits per heavy atom. The van der Waals surface area contributed by atoms with E-state index in [9.17, 15) is 18.0 Å². The number of nitrogens with zero attached hydrogens (tertiary/aromatic N) is 5. The number of anilines is 1. The summed E-state index contributed by atoms with van der Waals surface area (Å²) in [6.45, 7) is 1.60. The Morgan fingerprint density at radius 1 is 1.26 bits per heavy atom. The van der Waals surface area contributed by atoms with Crippen molar-refractivity contribution >= 4 is 28.4 Å². The number of pyridine rings is 1. The molecular weight excluding hydrogens is 461 g/mol. The quantitative estimate of drug-likeness (QED) is 0.386. The molecule has 0 saturated carbocycles. The first-order valence-electron chi connectivity index (χ1n) is 11.4. The van der Waals surface area contributed by atoms with Gasteiger partial charge in [0.1, 0.15) is 5.65 Å². The molecule has 4 aromatic heterocycles. The molecule has 1 amide bonds. The van der Waals surface area contributed by atoms with Crippen LogP contribution >= 0.6 is 0 Å². The Bertz CT molecular complexity index is 1350. The van der Waals surface area contributed by atoms with Crippen molar-refractivity contribution in [2.24, 2.45) is 0 Å². The van der Waals surface area contributed by atoms with E-state index in [1.165, 1.54) is 0 Å². The first-order valence-corrected chi connectivity index (χ1v) is 11.4. The minimum Gasteiger partial charge on any atom is -0.354 e. The van der Waals surface area contributed by atoms with Crippen molar-refractivity contribution in [3.63, 3.8) is 0 Å². The molecule has 5 rings (SSSR count). The maximum Gasteiger partial charge on any atom is 0.390 e. The fourth-order valence-electron chi connectivity index (χ4n) is 4.29. The van der Waals surface area contributed by atoms with E-state index >= 15 is 0 Å². The van der Waals surface area contributed by atoms with E-state index < -0.39 is 12.6 Å². The van der Waals surface area contributed by atoms with E-state index in [0.717, 1.165) is 37.1 Å². The summed E-state index contributed by atoms with van der Waals surface area (Å²) in [7, 11) is 2.08. The molecule has 12 heteroatoms. The van der Waals surface area contributed by atoms with Gasteiger partial charge in [-0.2, -0.15) is 23.3 Å². The zero-order chi connectivity index (χ0) is 24.6. The number of halogens is 3. The zero-order valence-corrected chi connectivity index (χ0v) is 19.1. The molecule has 0 atom stereocenters. The normalized spacial score (nSPS) is 15.7. The van der Waals surface area contributed by atoms with Gasteiger partial charge in [-0.15, -0.1) is 0 Å². The third-order valence-corrected chi connectivity index (χ3v) is 6.25. The van der Waals surface area contributed by atoms with Crippen molar-refractivity contribution in [2.45, 2.75) is 31.5 Å². The largest absolute Gasteiger partial charge is 0.390 e. The van der Waals surface area contributed by atoms with Crippen molar-refractivity contribution in [3.8, 4) is 11.1 Å². The second kappa shape index (κ2) is 9.17. The Kier molecular flexibility index (Phi) is 6.05. The first-order chi connectivity index (χ1) is 16.8. The number of amides is 1. The molecule has 184 valence electrons. The monoisotopic (exact) mass is 486 g/mol. The molecule has 1 fully saturated rings. The molecule has 0 radical (unpaired) electrons. The summed E-state index contributed by atoms with van der Waals surface area (Å²) in [6.07, 6.45) is 3.29. The van der Waals surface area contributed by atoms with Gasteiger partial charge in [0.25, 0.3) is 5.91 Å². The van der Waals surface area contributed by atoms with E-state index in [0.29, 0.717) is 22.1 Å². The Labute approximate surface area is 198 Å². The van der Waals surface area contributed by atoms with Gasteiger partial charge in [0, 0.05) is 42.1 Å². The molecule has 0 aliphatic carbocycles. The van der Waals surface area contributed by atoms with Crippen LogP contribution < -0.4 is 10.6 Å². The number of aromatic amines is 1. The highest BCUT2D eigenvalue weighted by molar-refractivity contribution is 6.02. The minimum atomic E-state index is -4.24. The molecule has 5 heterocycles. The summed E-state index contributed by atoms with van der Waals surface area (Å²) in [4.78, 5) is 26.7. The molecule has 0 aromatic carbocycles. The predicted molar refractivity (Wildman–Crippen MR) is 125 cm³/mol. The van der Waals surface area contributed by atoms with Crippen LogP contribution in [0.4, 0.5) is 19.1 Å². The molecule has 1 saturated heterocycles. The third-order valence-electron chi connectivity index (χ3n) is 6.25. The lowest BCUT2D eigenvalue weighted by atomic mass is 10.0. The second-order valence-electron chi connectivity index (χ2n) is 8.80. The molecular formula is C23H25F3N8O. The Balaban J connectivity index is 1.37. The van der Waals surface area contributed by atoms with Gasteiger partial charge in [-0.05, 0) is 50.7 Å². The van der Waals surface area contributed by atoms with Gasteiger partial charge in [-0.3, -0.25) is 4.79 Å². The van der Waals surface area contributed by atoms with Crippen LogP contribution in [-0.4, -0.2) is 74.3 Å². The van der Waals surface area contributed by atoms with Crippen LogP contribution in [0.2, 0.25) is 0 Å². The van der Waals surface area contributed by atoms with Crippen LogP contribution in [0.1, 0.15) is 29.6 Å². The number of nitrogens with one attached hydrogen (secondary N) is 3. The highest BCUT2D eigenvalue weighted by Crippen LogP contribution is 2.29. The van der Waals surface area contributed by atoms with Gasteiger partial charge in [0.2, 0.25) is 5.95 Å². The van der Waals surface area contributed by atoms with Crippen LogP contribution in [0.25, 0.3) is 27.7 Å². The molecule has 1 aliphatic rings. The number of carbonyl (C=O) groups is 1. The highest BCUT2D eigenvalue weighted by atomic mass is 19.4. The lowest BCUT2D eigenvalue weighted by molar-refractivity contribution is -0.131. The summed E-state index contributed by atoms with van der Waals surface area (Å²) in [5.74, 6) is -0.0298. The fourth-order valence-corrected chi connectivity index (χ4v) is 4.29. The molecule has 9 nitrogen and oxygen atoms in total. The number of fused-ring (bicyclic) bond motifs is 2. The molecule has 1 aliphatic heterocycles. The van der Waals surface area contributed by atoms with Gasteiger partial charge in [-0.25, -0.2) is 9.50 Å². The van der Waals surface area contributed by atoms with Crippen molar-refractivity contribution in [1.29, 1.82) is 0 Å². The van der Waals surface area contributed by atoms with E-state index in [2.05, 4.69) is 42.6 Å². The lowest BCUT2D eigenvalue weighted by Gasteiger charge is -2.29. The summed E-state index contributed by atoms with van der Waals surface area (Å²) >= 11 is 0. The van der Waals surface area contributed by atoms with Crippen molar-refractivity contribution in [1.82, 2.24) is 34.8 Å². The number of likely N-dealkylation sites (tertiary alicyclic amines) is 1. The topological polar surface area (TPSA) is 103 Å². The van der Waals surface area contributed by atoms with E-state index in [1.54, 1.807) is 29.3 Å². The number of hydrogen-bond acceptors (Lipinski definition) is 6. The van der Waals surface area contributed by atoms with E-state index in [-0.39, 0.29) is 24.4 Å². The lowest BCUT2D eigenvalue weighted by Crippen LogP contribution is -2.43. The van der Waals surface area contributed by atoms with Crippen molar-refractivity contribution in [2.75, 3.05) is 32.0 Å². The fraction of sp³-hybridized carbons (Fsp3) is 0.391. The maximum absolute atomic E-state index is 13.0. The molecule has 0 spiro atoms. The SMILES string of the molecule is CN1CCC(NC(=O)c2cnn3ccc(-c4c[nH]c5nc(NCCC(F)(F)F)ncc45)cc23)CC1. The average Bonchev–Trinajstić information content (AvgIpc) is 3.43. The number of hydrogen-bond donors (Lipinski definition) is 3. The Hall–Kier alpha value is -3.67. The Morgan fingerprint density at radius 3 is 2.83 bits per heavy atom. The van der Waals surface area contributed by atoms with Crippen molar-refractivity contribution < 1.29 is 18.0 Å². The van der Waals surface area contributed by atoms with E-state index in [4.69, 9.17) is 0 Å². The number of alkyl halides is 3. The van der Waals surface area contributed by atoms with E-state index in [1.807, 2.05) is 12.1 Å². The summed E-state index contributed by atoms with van der Waals surface area (Å²) in [5, 5.41) is 10.8. The summed E-state index contributed by atoms with van der Waals surface area (Å²) in [5.41, 5.74) is 3.32. The third kappa shape index (κ3) is 5.06. The predicted octanol–water partition coefficient (Wildman–Crippen LogP) is 3.46. The van der Waals surface area contributed by atoms with Crippen molar-refractivity contribution in [3.05, 3.63) is 42.5 Å². The standard InChI is InChI=1S/C23H25F3N8O/c1-33-7-3-15(4-8-33)31-21(35)18-13-30-34-9-2-14(10-19(18)34)16-11-28-20-17(16)12-29-22(32-20)27-6-5-23(24,25)26/h2,9-13,15H,3-8H2,1H3,(H,31,35)(H2,27,28,29,32). The van der Waals surface area contributed by atoms with Gasteiger partial charge < -0.3 is 20.5 Å². The molecule has 35 heavy (non-hydrogen) atoms. The number of H-pyrrole nitrogens is 1. The van der Waals surface area contributed by atoms with Gasteiger partial charge in [0.15, 0.2) is 0 Å². The van der Waals surface area contributed by atoms with Gasteiger partial charge in [-0.1, -0.05) is 0 Å². The van der Waals surface area contributed by atoms with Crippen LogP contribution in [0.5, 0.6) is 0 Å². The van der Waals surface area contributed by atoms with Crippen LogP contribution in [0, 0.1) is 0 Å². The smallest absolute Gasteiger partial charge is 0.354 e.